The summed E-state index contributed by atoms with van der Waals surface area (Å²) >= 11 is 0. The number of aromatic nitrogens is 1. The molecule has 0 aliphatic rings. The highest BCUT2D eigenvalue weighted by Crippen LogP contribution is 2.16. The Morgan fingerprint density at radius 2 is 2.05 bits per heavy atom. The molecule has 0 amide bonds. The van der Waals surface area contributed by atoms with Gasteiger partial charge in [-0.3, -0.25) is 0 Å². The number of pyridine rings is 1. The van der Waals surface area contributed by atoms with Crippen LogP contribution < -0.4 is 10.1 Å². The molecule has 0 saturated carbocycles. The van der Waals surface area contributed by atoms with Crippen molar-refractivity contribution in [2.45, 2.75) is 39.3 Å². The molecule has 1 N–H and O–H groups in total. The topological polar surface area (TPSA) is 37.4 Å². The molecule has 4 nitrogen and oxygen atoms in total. The molecule has 1 rings (SSSR count). The van der Waals surface area contributed by atoms with Crippen molar-refractivity contribution in [3.05, 3.63) is 23.9 Å². The first-order valence-electron chi connectivity index (χ1n) is 6.86. The van der Waals surface area contributed by atoms with E-state index in [1.807, 2.05) is 12.3 Å². The summed E-state index contributed by atoms with van der Waals surface area (Å²) in [5, 5.41) is 3.36. The van der Waals surface area contributed by atoms with Crippen molar-refractivity contribution < 1.29 is 4.74 Å². The Bertz CT molecular complexity index is 373. The standard InChI is InChI=1S/C15H27N3O/c1-7-16-12(2)13-8-9-14(17-10-13)19-11-15(3,4)18(5)6/h8-10,12,16H,7,11H2,1-6H3. The maximum atomic E-state index is 5.75. The second-order valence-electron chi connectivity index (χ2n) is 5.70. The molecule has 0 radical (unpaired) electrons. The molecule has 1 unspecified atom stereocenters. The van der Waals surface area contributed by atoms with Gasteiger partial charge in [0.05, 0.1) is 0 Å². The number of rotatable bonds is 7. The quantitative estimate of drug-likeness (QED) is 0.822. The Kier molecular flexibility index (Phi) is 5.76. The minimum Gasteiger partial charge on any atom is -0.476 e. The predicted octanol–water partition coefficient (Wildman–Crippen LogP) is 2.47. The molecule has 0 spiro atoms. The molecule has 4 heteroatoms. The van der Waals surface area contributed by atoms with Gasteiger partial charge in [-0.15, -0.1) is 0 Å². The normalized spacial score (nSPS) is 13.6. The molecule has 0 saturated heterocycles. The minimum atomic E-state index is -0.00257. The largest absolute Gasteiger partial charge is 0.476 e. The maximum Gasteiger partial charge on any atom is 0.213 e. The molecule has 0 fully saturated rings. The van der Waals surface area contributed by atoms with Gasteiger partial charge < -0.3 is 15.0 Å². The van der Waals surface area contributed by atoms with E-state index >= 15 is 0 Å². The van der Waals surface area contributed by atoms with Gasteiger partial charge in [-0.2, -0.15) is 0 Å². The van der Waals surface area contributed by atoms with Crippen molar-refractivity contribution in [1.29, 1.82) is 0 Å². The molecular weight excluding hydrogens is 238 g/mol. The van der Waals surface area contributed by atoms with E-state index in [1.54, 1.807) is 0 Å². The fourth-order valence-electron chi connectivity index (χ4n) is 1.54. The SMILES string of the molecule is CCNC(C)c1ccc(OCC(C)(C)N(C)C)nc1. The average Bonchev–Trinajstić information content (AvgIpc) is 2.37. The predicted molar refractivity (Wildman–Crippen MR) is 79.6 cm³/mol. The third kappa shape index (κ3) is 4.80. The Morgan fingerprint density at radius 3 is 2.53 bits per heavy atom. The average molecular weight is 265 g/mol. The Hall–Kier alpha value is -1.13. The summed E-state index contributed by atoms with van der Waals surface area (Å²) in [4.78, 5) is 6.51. The number of likely N-dealkylation sites (N-methyl/N-ethyl adjacent to an activating group) is 1. The molecule has 1 atom stereocenters. The number of hydrogen-bond donors (Lipinski definition) is 1. The van der Waals surface area contributed by atoms with Crippen LogP contribution in [0.15, 0.2) is 18.3 Å². The fraction of sp³-hybridized carbons (Fsp3) is 0.667. The first-order valence-corrected chi connectivity index (χ1v) is 6.86. The van der Waals surface area contributed by atoms with Crippen molar-refractivity contribution in [3.8, 4) is 5.88 Å². The number of nitrogens with zero attached hydrogens (tertiary/aromatic N) is 2. The molecule has 0 aliphatic carbocycles. The summed E-state index contributed by atoms with van der Waals surface area (Å²) in [6, 6.07) is 4.33. The van der Waals surface area contributed by atoms with Crippen LogP contribution in [0.3, 0.4) is 0 Å². The molecule has 0 aliphatic heterocycles. The van der Waals surface area contributed by atoms with Crippen LogP contribution in [0.4, 0.5) is 0 Å². The second-order valence-corrected chi connectivity index (χ2v) is 5.70. The summed E-state index contributed by atoms with van der Waals surface area (Å²) in [6.45, 7) is 10.1. The van der Waals surface area contributed by atoms with Gasteiger partial charge in [0.2, 0.25) is 5.88 Å². The first-order chi connectivity index (χ1) is 8.86. The van der Waals surface area contributed by atoms with Crippen molar-refractivity contribution in [3.63, 3.8) is 0 Å². The fourth-order valence-corrected chi connectivity index (χ4v) is 1.54. The third-order valence-corrected chi connectivity index (χ3v) is 3.55. The van der Waals surface area contributed by atoms with Gasteiger partial charge in [-0.25, -0.2) is 4.98 Å². The van der Waals surface area contributed by atoms with Crippen LogP contribution in [0.5, 0.6) is 5.88 Å². The van der Waals surface area contributed by atoms with Gasteiger partial charge >= 0.3 is 0 Å². The summed E-state index contributed by atoms with van der Waals surface area (Å²) in [6.07, 6.45) is 1.88. The van der Waals surface area contributed by atoms with E-state index in [0.717, 1.165) is 6.54 Å². The minimum absolute atomic E-state index is 0.00257. The molecule has 19 heavy (non-hydrogen) atoms. The maximum absolute atomic E-state index is 5.75. The van der Waals surface area contributed by atoms with E-state index in [4.69, 9.17) is 4.74 Å². The van der Waals surface area contributed by atoms with E-state index in [1.165, 1.54) is 5.56 Å². The Labute approximate surface area is 117 Å². The van der Waals surface area contributed by atoms with Gasteiger partial charge in [-0.05, 0) is 47.0 Å². The lowest BCUT2D eigenvalue weighted by Gasteiger charge is -2.31. The lowest BCUT2D eigenvalue weighted by Crippen LogP contribution is -2.43. The highest BCUT2D eigenvalue weighted by molar-refractivity contribution is 5.20. The molecule has 0 bridgehead atoms. The van der Waals surface area contributed by atoms with Crippen LogP contribution in [0.1, 0.15) is 39.3 Å². The van der Waals surface area contributed by atoms with Crippen molar-refractivity contribution in [2.75, 3.05) is 27.2 Å². The van der Waals surface area contributed by atoms with Gasteiger partial charge in [-0.1, -0.05) is 13.0 Å². The monoisotopic (exact) mass is 265 g/mol. The van der Waals surface area contributed by atoms with Crippen LogP contribution >= 0.6 is 0 Å². The Morgan fingerprint density at radius 1 is 1.37 bits per heavy atom. The van der Waals surface area contributed by atoms with E-state index in [-0.39, 0.29) is 5.54 Å². The zero-order valence-corrected chi connectivity index (χ0v) is 13.0. The van der Waals surface area contributed by atoms with Crippen molar-refractivity contribution in [2.24, 2.45) is 0 Å². The van der Waals surface area contributed by atoms with Crippen LogP contribution in [0.2, 0.25) is 0 Å². The second kappa shape index (κ2) is 6.87. The number of nitrogens with one attached hydrogen (secondary N) is 1. The molecule has 1 heterocycles. The molecular formula is C15H27N3O. The molecule has 1 aromatic rings. The number of ether oxygens (including phenoxy) is 1. The highest BCUT2D eigenvalue weighted by atomic mass is 16.5. The van der Waals surface area contributed by atoms with Crippen molar-refractivity contribution >= 4 is 0 Å². The summed E-state index contributed by atoms with van der Waals surface area (Å²) < 4.78 is 5.75. The summed E-state index contributed by atoms with van der Waals surface area (Å²) in [5.74, 6) is 0.683. The first kappa shape index (κ1) is 15.9. The van der Waals surface area contributed by atoms with Gasteiger partial charge in [0.1, 0.15) is 6.61 Å². The molecule has 108 valence electrons. The summed E-state index contributed by atoms with van der Waals surface area (Å²) in [7, 11) is 4.11. The lowest BCUT2D eigenvalue weighted by molar-refractivity contribution is 0.111. The van der Waals surface area contributed by atoms with Crippen LogP contribution in [0.25, 0.3) is 0 Å². The highest BCUT2D eigenvalue weighted by Gasteiger charge is 2.21. The van der Waals surface area contributed by atoms with E-state index in [0.29, 0.717) is 18.5 Å². The van der Waals surface area contributed by atoms with Gasteiger partial charge in [0.25, 0.3) is 0 Å². The van der Waals surface area contributed by atoms with E-state index in [2.05, 4.69) is 63.1 Å². The number of hydrogen-bond acceptors (Lipinski definition) is 4. The van der Waals surface area contributed by atoms with Crippen LogP contribution in [-0.4, -0.2) is 42.7 Å². The molecule has 0 aromatic carbocycles. The lowest BCUT2D eigenvalue weighted by atomic mass is 10.1. The van der Waals surface area contributed by atoms with Gasteiger partial charge in [0.15, 0.2) is 0 Å². The van der Waals surface area contributed by atoms with Gasteiger partial charge in [0, 0.05) is 23.8 Å². The summed E-state index contributed by atoms with van der Waals surface area (Å²) in [5.41, 5.74) is 1.18. The zero-order valence-electron chi connectivity index (χ0n) is 13.0. The van der Waals surface area contributed by atoms with Crippen LogP contribution in [-0.2, 0) is 0 Å². The Balaban J connectivity index is 2.58. The van der Waals surface area contributed by atoms with Crippen LogP contribution in [0, 0.1) is 0 Å². The zero-order chi connectivity index (χ0) is 14.5. The van der Waals surface area contributed by atoms with E-state index < -0.39 is 0 Å². The third-order valence-electron chi connectivity index (χ3n) is 3.55. The van der Waals surface area contributed by atoms with Crippen molar-refractivity contribution in [1.82, 2.24) is 15.2 Å². The smallest absolute Gasteiger partial charge is 0.213 e. The molecule has 1 aromatic heterocycles. The van der Waals surface area contributed by atoms with E-state index in [9.17, 15) is 0 Å².